The van der Waals surface area contributed by atoms with Crippen molar-refractivity contribution in [2.45, 2.75) is 14.7 Å². The maximum absolute atomic E-state index is 13.7. The minimum Gasteiger partial charge on any atom is -0.397 e. The van der Waals surface area contributed by atoms with E-state index in [9.17, 15) is 48.5 Å². The summed E-state index contributed by atoms with van der Waals surface area (Å²) in [5.41, 5.74) is 1.22. The minimum atomic E-state index is -5.20. The van der Waals surface area contributed by atoms with E-state index in [0.29, 0.717) is 6.07 Å². The topological polar surface area (TPSA) is 286 Å². The lowest BCUT2D eigenvalue weighted by Crippen LogP contribution is -2.27. The van der Waals surface area contributed by atoms with E-state index in [4.69, 9.17) is 28.9 Å². The Morgan fingerprint density at radius 3 is 1.82 bits per heavy atom. The molecule has 1 aliphatic rings. The first-order chi connectivity index (χ1) is 20.8. The van der Waals surface area contributed by atoms with E-state index in [0.717, 1.165) is 30.3 Å². The molecule has 1 aromatic heterocycles. The largest absolute Gasteiger partial charge is 0.397 e. The van der Waals surface area contributed by atoms with Crippen molar-refractivity contribution in [2.75, 3.05) is 16.4 Å². The monoisotopic (exact) mass is 716 g/mol. The van der Waals surface area contributed by atoms with Crippen LogP contribution >= 0.6 is 23.2 Å². The summed E-state index contributed by atoms with van der Waals surface area (Å²) in [5, 5.41) is 4.34. The van der Waals surface area contributed by atoms with Crippen LogP contribution in [0, 0.1) is 0 Å². The van der Waals surface area contributed by atoms with Gasteiger partial charge in [-0.2, -0.15) is 40.2 Å². The molecule has 3 aromatic carbocycles. The van der Waals surface area contributed by atoms with Gasteiger partial charge in [0.2, 0.25) is 16.5 Å². The van der Waals surface area contributed by atoms with Crippen molar-refractivity contribution in [3.8, 4) is 0 Å². The van der Waals surface area contributed by atoms with Gasteiger partial charge in [0.1, 0.15) is 14.7 Å². The number of aromatic nitrogens is 3. The van der Waals surface area contributed by atoms with Crippen molar-refractivity contribution in [3.05, 3.63) is 75.3 Å². The number of nitrogens with two attached hydrogens (primary N) is 1. The lowest BCUT2D eigenvalue weighted by atomic mass is 9.82. The molecule has 0 bridgehead atoms. The number of carbonyl (C=O) groups is 2. The second-order valence-corrected chi connectivity index (χ2v) is 13.9. The molecule has 1 heterocycles. The van der Waals surface area contributed by atoms with Gasteiger partial charge in [-0.1, -0.05) is 12.1 Å². The summed E-state index contributed by atoms with van der Waals surface area (Å²) in [4.78, 5) is 35.4. The average Bonchev–Trinajstić information content (AvgIpc) is 2.90. The van der Waals surface area contributed by atoms with Crippen LogP contribution < -0.4 is 16.4 Å². The predicted molar refractivity (Wildman–Crippen MR) is 156 cm³/mol. The Morgan fingerprint density at radius 2 is 1.24 bits per heavy atom. The summed E-state index contributed by atoms with van der Waals surface area (Å²) >= 11 is 11.5. The number of hydrogen-bond acceptors (Lipinski definition) is 14. The SMILES string of the molecule is Nc1c(S(=O)(=O)O)cc(Nc2ccc(Nc3nc(Cl)nc(Cl)n3)c(S(=O)(=O)O)c2)c2c1C(=O)c1c(cccc1S(=O)(=O)O)C2=O. The fourth-order valence-corrected chi connectivity index (χ4v) is 6.86. The summed E-state index contributed by atoms with van der Waals surface area (Å²) in [5.74, 6) is -2.66. The van der Waals surface area contributed by atoms with Gasteiger partial charge in [0.05, 0.1) is 33.8 Å². The van der Waals surface area contributed by atoms with Crippen LogP contribution in [0.2, 0.25) is 10.6 Å². The molecular formula is C23H14Cl2N6O11S3. The smallest absolute Gasteiger partial charge is 0.296 e. The van der Waals surface area contributed by atoms with Gasteiger partial charge >= 0.3 is 0 Å². The van der Waals surface area contributed by atoms with Crippen molar-refractivity contribution >= 4 is 93.8 Å². The van der Waals surface area contributed by atoms with Gasteiger partial charge in [-0.25, -0.2) is 0 Å². The number of rotatable bonds is 7. The van der Waals surface area contributed by atoms with Gasteiger partial charge in [-0.15, -0.1) is 0 Å². The van der Waals surface area contributed by atoms with Gasteiger partial charge in [0.15, 0.2) is 11.6 Å². The van der Waals surface area contributed by atoms with E-state index in [1.165, 1.54) is 6.07 Å². The van der Waals surface area contributed by atoms with Crippen LogP contribution in [0.25, 0.3) is 0 Å². The normalized spacial score (nSPS) is 13.3. The van der Waals surface area contributed by atoms with Crippen LogP contribution in [-0.2, 0) is 30.4 Å². The molecule has 0 aliphatic heterocycles. The zero-order chi connectivity index (χ0) is 33.2. The molecule has 0 atom stereocenters. The number of nitrogens with zero attached hydrogens (tertiary/aromatic N) is 3. The molecule has 234 valence electrons. The first-order valence-electron chi connectivity index (χ1n) is 11.6. The van der Waals surface area contributed by atoms with Crippen LogP contribution in [-0.4, -0.2) is 65.4 Å². The van der Waals surface area contributed by atoms with Gasteiger partial charge in [-0.3, -0.25) is 23.2 Å². The molecule has 0 saturated heterocycles. The molecule has 7 N–H and O–H groups in total. The van der Waals surface area contributed by atoms with Crippen LogP contribution in [0.1, 0.15) is 31.8 Å². The number of ketones is 2. The van der Waals surface area contributed by atoms with E-state index in [-0.39, 0.29) is 27.9 Å². The highest BCUT2D eigenvalue weighted by Crippen LogP contribution is 2.42. The number of halogens is 2. The van der Waals surface area contributed by atoms with E-state index in [1.54, 1.807) is 0 Å². The van der Waals surface area contributed by atoms with Crippen LogP contribution in [0.5, 0.6) is 0 Å². The number of hydrogen-bond donors (Lipinski definition) is 6. The summed E-state index contributed by atoms with van der Waals surface area (Å²) in [7, 11) is -15.3. The third-order valence-corrected chi connectivity index (χ3v) is 9.22. The average molecular weight is 718 g/mol. The van der Waals surface area contributed by atoms with Crippen LogP contribution in [0.15, 0.2) is 57.2 Å². The number of fused-ring (bicyclic) bond motifs is 2. The maximum Gasteiger partial charge on any atom is 0.296 e. The zero-order valence-electron chi connectivity index (χ0n) is 21.5. The lowest BCUT2D eigenvalue weighted by molar-refractivity contribution is 0.0977. The predicted octanol–water partition coefficient (Wildman–Crippen LogP) is 2.76. The van der Waals surface area contributed by atoms with Gasteiger partial charge < -0.3 is 16.4 Å². The number of benzene rings is 3. The van der Waals surface area contributed by atoms with Crippen LogP contribution in [0.4, 0.5) is 28.7 Å². The molecule has 1 aliphatic carbocycles. The molecule has 0 fully saturated rings. The van der Waals surface area contributed by atoms with E-state index in [2.05, 4.69) is 25.6 Å². The highest BCUT2D eigenvalue weighted by Gasteiger charge is 2.39. The van der Waals surface area contributed by atoms with Crippen molar-refractivity contribution in [1.29, 1.82) is 0 Å². The second-order valence-electron chi connectivity index (χ2n) is 9.01. The minimum absolute atomic E-state index is 0.231. The molecule has 22 heteroatoms. The quantitative estimate of drug-likeness (QED) is 0.104. The zero-order valence-corrected chi connectivity index (χ0v) is 25.5. The Balaban J connectivity index is 1.71. The Labute approximate surface area is 262 Å². The fourth-order valence-electron chi connectivity index (χ4n) is 4.46. The summed E-state index contributed by atoms with van der Waals surface area (Å²) in [6.07, 6.45) is 0. The summed E-state index contributed by atoms with van der Waals surface area (Å²) in [6, 6.07) is 6.75. The molecule has 0 unspecified atom stereocenters. The van der Waals surface area contributed by atoms with Crippen molar-refractivity contribution in [3.63, 3.8) is 0 Å². The Bertz CT molecular complexity index is 2310. The standard InChI is InChI=1S/C23H14Cl2N6O11S3/c24-21-29-22(25)31-23(30-21)28-10-5-4-8(6-13(10)44(37,38)39)27-11-7-14(45(40,41)42)18(26)17-16(11)19(32)9-2-1-3-12(43(34,35)36)15(9)20(17)33/h1-7,27H,26H2,(H,34,35,36)(H,37,38,39)(H,40,41,42)(H,28,29,30,31). The van der Waals surface area contributed by atoms with Crippen molar-refractivity contribution in [1.82, 2.24) is 15.0 Å². The van der Waals surface area contributed by atoms with Gasteiger partial charge in [0, 0.05) is 11.3 Å². The van der Waals surface area contributed by atoms with E-state index >= 15 is 0 Å². The second kappa shape index (κ2) is 11.0. The van der Waals surface area contributed by atoms with E-state index in [1.807, 2.05) is 0 Å². The molecule has 17 nitrogen and oxygen atoms in total. The van der Waals surface area contributed by atoms with Gasteiger partial charge in [0.25, 0.3) is 30.4 Å². The third-order valence-electron chi connectivity index (χ3n) is 6.20. The lowest BCUT2D eigenvalue weighted by Gasteiger charge is -2.24. The van der Waals surface area contributed by atoms with Gasteiger partial charge in [-0.05, 0) is 53.5 Å². The number of carbonyl (C=O) groups excluding carboxylic acids is 2. The summed E-state index contributed by atoms with van der Waals surface area (Å²) < 4.78 is 102. The number of nitrogen functional groups attached to an aromatic ring is 1. The molecule has 0 radical (unpaired) electrons. The fraction of sp³-hybridized carbons (Fsp3) is 0. The molecular weight excluding hydrogens is 703 g/mol. The highest BCUT2D eigenvalue weighted by atomic mass is 35.5. The number of nitrogens with one attached hydrogen (secondary N) is 2. The summed E-state index contributed by atoms with van der Waals surface area (Å²) in [6.45, 7) is 0. The molecule has 4 aromatic rings. The van der Waals surface area contributed by atoms with Crippen molar-refractivity contribution in [2.24, 2.45) is 0 Å². The van der Waals surface area contributed by atoms with E-state index < -0.39 is 90.2 Å². The first-order valence-corrected chi connectivity index (χ1v) is 16.7. The highest BCUT2D eigenvalue weighted by molar-refractivity contribution is 7.86. The molecule has 0 saturated carbocycles. The maximum atomic E-state index is 13.7. The number of anilines is 5. The molecule has 5 rings (SSSR count). The van der Waals surface area contributed by atoms with Crippen LogP contribution in [0.3, 0.4) is 0 Å². The molecule has 0 spiro atoms. The third kappa shape index (κ3) is 6.04. The molecule has 45 heavy (non-hydrogen) atoms. The Hall–Kier alpha value is -4.28. The molecule has 0 amide bonds. The van der Waals surface area contributed by atoms with Crippen molar-refractivity contribution < 1.29 is 48.5 Å². The Morgan fingerprint density at radius 1 is 0.644 bits per heavy atom. The first kappa shape index (κ1) is 32.1. The Kier molecular flexibility index (Phi) is 7.82.